The first-order valence-electron chi connectivity index (χ1n) is 12.5. The fourth-order valence-electron chi connectivity index (χ4n) is 4.40. The van der Waals surface area contributed by atoms with Crippen LogP contribution in [0.25, 0.3) is 11.0 Å². The quantitative estimate of drug-likeness (QED) is 0.144. The maximum Gasteiger partial charge on any atom is 0.336 e. The molecule has 4 rings (SSSR count). The van der Waals surface area contributed by atoms with E-state index >= 15 is 0 Å². The number of ether oxygens (including phenoxy) is 4. The van der Waals surface area contributed by atoms with Crippen molar-refractivity contribution in [3.8, 4) is 5.75 Å². The van der Waals surface area contributed by atoms with Gasteiger partial charge in [0.1, 0.15) is 60.2 Å². The van der Waals surface area contributed by atoms with Crippen molar-refractivity contribution >= 4 is 11.0 Å². The highest BCUT2D eigenvalue weighted by molar-refractivity contribution is 5.79. The van der Waals surface area contributed by atoms with Crippen molar-refractivity contribution in [1.29, 1.82) is 0 Å². The molecule has 0 bridgehead atoms. The molecule has 13 heteroatoms. The van der Waals surface area contributed by atoms with Crippen LogP contribution in [0.5, 0.6) is 5.75 Å². The highest BCUT2D eigenvalue weighted by Crippen LogP contribution is 2.31. The molecule has 0 spiro atoms. The summed E-state index contributed by atoms with van der Waals surface area (Å²) in [5, 5.41) is 71.7. The molecule has 1 aromatic heterocycles. The van der Waals surface area contributed by atoms with Gasteiger partial charge in [0.2, 0.25) is 6.29 Å². The minimum atomic E-state index is -1.72. The van der Waals surface area contributed by atoms with E-state index < -0.39 is 80.3 Å². The number of rotatable bonds is 8. The lowest BCUT2D eigenvalue weighted by molar-refractivity contribution is -0.323. The summed E-state index contributed by atoms with van der Waals surface area (Å²) in [5.41, 5.74) is 1.37. The largest absolute Gasteiger partial charge is 0.462 e. The molecular weight excluding hydrogens is 520 g/mol. The van der Waals surface area contributed by atoms with E-state index in [9.17, 15) is 40.5 Å². The van der Waals surface area contributed by atoms with E-state index in [0.29, 0.717) is 17.4 Å². The van der Waals surface area contributed by atoms with Crippen LogP contribution in [0.15, 0.2) is 45.1 Å². The van der Waals surface area contributed by atoms with Crippen LogP contribution in [-0.2, 0) is 20.6 Å². The van der Waals surface area contributed by atoms with Gasteiger partial charge in [0, 0.05) is 17.5 Å². The summed E-state index contributed by atoms with van der Waals surface area (Å²) in [6.07, 6.45) is -13.1. The number of benzene rings is 1. The van der Waals surface area contributed by atoms with Gasteiger partial charge in [-0.05, 0) is 38.0 Å². The maximum atomic E-state index is 11.7. The third kappa shape index (κ3) is 6.49. The lowest BCUT2D eigenvalue weighted by Gasteiger charge is -2.42. The Kier molecular flexibility index (Phi) is 9.39. The number of hydrogen-bond donors (Lipinski definition) is 7. The Morgan fingerprint density at radius 1 is 0.872 bits per heavy atom. The van der Waals surface area contributed by atoms with Crippen LogP contribution in [0.4, 0.5) is 0 Å². The minimum Gasteiger partial charge on any atom is -0.462 e. The van der Waals surface area contributed by atoms with Crippen molar-refractivity contribution < 1.29 is 59.1 Å². The molecule has 1 aromatic carbocycles. The summed E-state index contributed by atoms with van der Waals surface area (Å²) in [6, 6.07) is 6.12. The number of aliphatic hydroxyl groups is 7. The topological polar surface area (TPSA) is 209 Å². The molecule has 0 saturated carbocycles. The molecule has 2 fully saturated rings. The van der Waals surface area contributed by atoms with Gasteiger partial charge >= 0.3 is 5.63 Å². The lowest BCUT2D eigenvalue weighted by atomic mass is 9.98. The second-order valence-corrected chi connectivity index (χ2v) is 9.90. The van der Waals surface area contributed by atoms with E-state index in [1.54, 1.807) is 12.1 Å². The van der Waals surface area contributed by atoms with Crippen LogP contribution in [-0.4, -0.2) is 110 Å². The van der Waals surface area contributed by atoms with Gasteiger partial charge in [0.25, 0.3) is 0 Å². The van der Waals surface area contributed by atoms with Crippen LogP contribution >= 0.6 is 0 Å². The second kappa shape index (κ2) is 12.4. The summed E-state index contributed by atoms with van der Waals surface area (Å²) in [4.78, 5) is 11.7. The SMILES string of the molecule is CC(C)=CCc1cc2ccc(=O)oc2cc1O[C@@H]1O[C@H](CO[C@@H]2O[C@H](CO)[C@@H](O)[C@H](O)[C@H]2O)[C@@H](O)[C@H](O)[C@H]1O. The van der Waals surface area contributed by atoms with Gasteiger partial charge in [-0.3, -0.25) is 0 Å². The summed E-state index contributed by atoms with van der Waals surface area (Å²) < 4.78 is 27.6. The standard InChI is InChI=1S/C26H34O13/c1-11(2)3-4-12-7-13-5-6-18(28)36-14(13)8-15(12)37-26-24(34)22(32)20(30)17(39-26)10-35-25-23(33)21(31)19(29)16(9-27)38-25/h3,5-8,16-17,19-27,29-34H,4,9-10H2,1-2H3/t16-,17-,19-,20-,21+,22+,23-,24-,25-,26-/m1/s1. The highest BCUT2D eigenvalue weighted by Gasteiger charge is 2.48. The fourth-order valence-corrected chi connectivity index (χ4v) is 4.40. The molecule has 2 saturated heterocycles. The maximum absolute atomic E-state index is 11.7. The second-order valence-electron chi connectivity index (χ2n) is 9.90. The summed E-state index contributed by atoms with van der Waals surface area (Å²) in [7, 11) is 0. The van der Waals surface area contributed by atoms with Crippen molar-refractivity contribution in [3.05, 3.63) is 51.9 Å². The molecule has 0 amide bonds. The Balaban J connectivity index is 1.54. The Morgan fingerprint density at radius 3 is 2.18 bits per heavy atom. The van der Waals surface area contributed by atoms with Gasteiger partial charge in [-0.25, -0.2) is 4.79 Å². The first-order chi connectivity index (χ1) is 18.5. The molecule has 2 aliphatic heterocycles. The Bertz CT molecular complexity index is 1210. The minimum absolute atomic E-state index is 0.204. The molecule has 2 aromatic rings. The van der Waals surface area contributed by atoms with Crippen LogP contribution in [0.1, 0.15) is 19.4 Å². The number of fused-ring (bicyclic) bond motifs is 1. The van der Waals surface area contributed by atoms with Crippen LogP contribution in [0, 0.1) is 0 Å². The van der Waals surface area contributed by atoms with E-state index in [0.717, 1.165) is 5.57 Å². The van der Waals surface area contributed by atoms with E-state index in [-0.39, 0.29) is 11.3 Å². The van der Waals surface area contributed by atoms with E-state index in [1.165, 1.54) is 12.1 Å². The monoisotopic (exact) mass is 554 g/mol. The predicted octanol–water partition coefficient (Wildman–Crippen LogP) is -1.70. The first kappa shape index (κ1) is 29.6. The smallest absolute Gasteiger partial charge is 0.336 e. The Labute approximate surface area is 223 Å². The summed E-state index contributed by atoms with van der Waals surface area (Å²) in [5.74, 6) is 0.204. The molecule has 13 nitrogen and oxygen atoms in total. The summed E-state index contributed by atoms with van der Waals surface area (Å²) >= 11 is 0. The number of hydrogen-bond acceptors (Lipinski definition) is 13. The van der Waals surface area contributed by atoms with Crippen LogP contribution < -0.4 is 10.4 Å². The third-order valence-corrected chi connectivity index (χ3v) is 6.72. The zero-order valence-electron chi connectivity index (χ0n) is 21.4. The number of allylic oxidation sites excluding steroid dienone is 2. The fraction of sp³-hybridized carbons (Fsp3) is 0.577. The average Bonchev–Trinajstić information content (AvgIpc) is 2.91. The molecular formula is C26H34O13. The van der Waals surface area contributed by atoms with Gasteiger partial charge in [-0.1, -0.05) is 11.6 Å². The van der Waals surface area contributed by atoms with E-state index in [4.69, 9.17) is 23.4 Å². The average molecular weight is 555 g/mol. The Hall–Kier alpha value is -2.43. The van der Waals surface area contributed by atoms with Crippen molar-refractivity contribution in [2.24, 2.45) is 0 Å². The van der Waals surface area contributed by atoms with Gasteiger partial charge in [-0.2, -0.15) is 0 Å². The molecule has 0 aliphatic carbocycles. The zero-order valence-corrected chi connectivity index (χ0v) is 21.4. The Morgan fingerprint density at radius 2 is 1.51 bits per heavy atom. The van der Waals surface area contributed by atoms with E-state index in [1.807, 2.05) is 19.9 Å². The van der Waals surface area contributed by atoms with E-state index in [2.05, 4.69) is 0 Å². The molecule has 39 heavy (non-hydrogen) atoms. The highest BCUT2D eigenvalue weighted by atomic mass is 16.7. The molecule has 0 radical (unpaired) electrons. The molecule has 10 atom stereocenters. The molecule has 3 heterocycles. The van der Waals surface area contributed by atoms with Crippen molar-refractivity contribution in [2.45, 2.75) is 81.7 Å². The molecule has 7 N–H and O–H groups in total. The van der Waals surface area contributed by atoms with Crippen molar-refractivity contribution in [1.82, 2.24) is 0 Å². The number of aliphatic hydroxyl groups excluding tert-OH is 7. The molecule has 2 aliphatic rings. The van der Waals surface area contributed by atoms with Crippen LogP contribution in [0.3, 0.4) is 0 Å². The summed E-state index contributed by atoms with van der Waals surface area (Å²) in [6.45, 7) is 2.69. The van der Waals surface area contributed by atoms with Gasteiger partial charge < -0.3 is 59.1 Å². The van der Waals surface area contributed by atoms with Gasteiger partial charge in [0.15, 0.2) is 6.29 Å². The van der Waals surface area contributed by atoms with Crippen molar-refractivity contribution in [2.75, 3.05) is 13.2 Å². The first-order valence-corrected chi connectivity index (χ1v) is 12.5. The van der Waals surface area contributed by atoms with Gasteiger partial charge in [-0.15, -0.1) is 0 Å². The normalized spacial score (nSPS) is 35.1. The molecule has 216 valence electrons. The predicted molar refractivity (Wildman–Crippen MR) is 133 cm³/mol. The molecule has 0 unspecified atom stereocenters. The van der Waals surface area contributed by atoms with Crippen molar-refractivity contribution in [3.63, 3.8) is 0 Å². The lowest BCUT2D eigenvalue weighted by Crippen LogP contribution is -2.62. The zero-order chi connectivity index (χ0) is 28.4. The third-order valence-electron chi connectivity index (χ3n) is 6.72. The van der Waals surface area contributed by atoms with Gasteiger partial charge in [0.05, 0.1) is 13.2 Å². The van der Waals surface area contributed by atoms with Crippen LogP contribution in [0.2, 0.25) is 0 Å².